The Kier molecular flexibility index (Phi) is 3.80. The number of carbonyl (C=O) groups excluding carboxylic acids is 1. The number of esters is 1. The smallest absolute Gasteiger partial charge is 0.337 e. The fourth-order valence-electron chi connectivity index (χ4n) is 2.93. The molecular formula is C19H17FO2. The molecule has 0 aliphatic heterocycles. The highest BCUT2D eigenvalue weighted by molar-refractivity contribution is 5.92. The molecule has 2 nitrogen and oxygen atoms in total. The Morgan fingerprint density at radius 1 is 1.18 bits per heavy atom. The summed E-state index contributed by atoms with van der Waals surface area (Å²) in [5.41, 5.74) is 5.18. The summed E-state index contributed by atoms with van der Waals surface area (Å²) in [6, 6.07) is 10.7. The first-order valence-electron chi connectivity index (χ1n) is 7.29. The van der Waals surface area contributed by atoms with E-state index in [-0.39, 0.29) is 11.8 Å². The van der Waals surface area contributed by atoms with Crippen LogP contribution in [0.25, 0.3) is 5.57 Å². The van der Waals surface area contributed by atoms with Gasteiger partial charge in [0.15, 0.2) is 0 Å². The number of aryl methyl sites for hydroxylation is 1. The number of hydrogen-bond acceptors (Lipinski definition) is 2. The van der Waals surface area contributed by atoms with Crippen molar-refractivity contribution in [3.05, 3.63) is 76.1 Å². The van der Waals surface area contributed by atoms with Gasteiger partial charge in [-0.1, -0.05) is 24.3 Å². The zero-order chi connectivity index (χ0) is 15.7. The van der Waals surface area contributed by atoms with Gasteiger partial charge in [0.1, 0.15) is 5.82 Å². The van der Waals surface area contributed by atoms with Gasteiger partial charge in [-0.05, 0) is 65.8 Å². The average molecular weight is 296 g/mol. The highest BCUT2D eigenvalue weighted by Gasteiger charge is 2.19. The van der Waals surface area contributed by atoms with Crippen LogP contribution in [-0.2, 0) is 11.2 Å². The van der Waals surface area contributed by atoms with E-state index >= 15 is 0 Å². The maximum Gasteiger partial charge on any atom is 0.337 e. The van der Waals surface area contributed by atoms with Crippen molar-refractivity contribution >= 4 is 11.5 Å². The first kappa shape index (κ1) is 14.5. The lowest BCUT2D eigenvalue weighted by atomic mass is 9.84. The normalized spacial score (nSPS) is 13.3. The van der Waals surface area contributed by atoms with E-state index < -0.39 is 0 Å². The summed E-state index contributed by atoms with van der Waals surface area (Å²) in [5.74, 6) is -0.571. The van der Waals surface area contributed by atoms with Crippen LogP contribution in [0.15, 0.2) is 42.5 Å². The molecule has 0 heterocycles. The predicted octanol–water partition coefficient (Wildman–Crippen LogP) is 4.30. The summed E-state index contributed by atoms with van der Waals surface area (Å²) < 4.78 is 18.7. The fraction of sp³-hybridized carbons (Fsp3) is 0.211. The van der Waals surface area contributed by atoms with E-state index in [0.717, 1.165) is 29.5 Å². The molecule has 0 radical (unpaired) electrons. The second-order valence-corrected chi connectivity index (χ2v) is 5.43. The lowest BCUT2D eigenvalue weighted by molar-refractivity contribution is 0.0600. The van der Waals surface area contributed by atoms with Crippen LogP contribution in [0.2, 0.25) is 0 Å². The van der Waals surface area contributed by atoms with Crippen molar-refractivity contribution in [2.75, 3.05) is 7.11 Å². The van der Waals surface area contributed by atoms with Crippen molar-refractivity contribution in [2.45, 2.75) is 19.8 Å². The second kappa shape index (κ2) is 5.76. The summed E-state index contributed by atoms with van der Waals surface area (Å²) >= 11 is 0. The third kappa shape index (κ3) is 2.43. The molecule has 112 valence electrons. The van der Waals surface area contributed by atoms with Gasteiger partial charge in [0, 0.05) is 0 Å². The minimum atomic E-state index is -0.358. The van der Waals surface area contributed by atoms with Crippen molar-refractivity contribution in [3.8, 4) is 0 Å². The zero-order valence-corrected chi connectivity index (χ0v) is 12.7. The summed E-state index contributed by atoms with van der Waals surface area (Å²) in [4.78, 5) is 11.8. The minimum absolute atomic E-state index is 0.213. The highest BCUT2D eigenvalue weighted by Crippen LogP contribution is 2.34. The molecule has 2 aromatic carbocycles. The Morgan fingerprint density at radius 2 is 2.00 bits per heavy atom. The standard InChI is InChI=1S/C19H17FO2/c1-12-15(6-4-8-18(12)20)16-7-3-5-13-9-10-14(11-17(13)16)19(21)22-2/h4,6-11H,3,5H2,1-2H3. The Labute approximate surface area is 129 Å². The number of carbonyl (C=O) groups is 1. The van der Waals surface area contributed by atoms with E-state index in [2.05, 4.69) is 6.08 Å². The third-order valence-electron chi connectivity index (χ3n) is 4.14. The Balaban J connectivity index is 2.15. The first-order valence-corrected chi connectivity index (χ1v) is 7.29. The van der Waals surface area contributed by atoms with Gasteiger partial charge in [0.25, 0.3) is 0 Å². The molecule has 0 N–H and O–H groups in total. The number of halogens is 1. The molecule has 3 rings (SSSR count). The molecule has 0 amide bonds. The molecule has 0 unspecified atom stereocenters. The van der Waals surface area contributed by atoms with Gasteiger partial charge in [-0.25, -0.2) is 9.18 Å². The van der Waals surface area contributed by atoms with E-state index in [9.17, 15) is 9.18 Å². The molecule has 0 saturated carbocycles. The first-order chi connectivity index (χ1) is 10.6. The Bertz CT molecular complexity index is 775. The largest absolute Gasteiger partial charge is 0.465 e. The topological polar surface area (TPSA) is 26.3 Å². The van der Waals surface area contributed by atoms with Crippen molar-refractivity contribution in [3.63, 3.8) is 0 Å². The Morgan fingerprint density at radius 3 is 2.77 bits per heavy atom. The summed E-state index contributed by atoms with van der Waals surface area (Å²) in [7, 11) is 1.37. The summed E-state index contributed by atoms with van der Waals surface area (Å²) in [5, 5.41) is 0. The van der Waals surface area contributed by atoms with E-state index in [0.29, 0.717) is 11.1 Å². The lowest BCUT2D eigenvalue weighted by Crippen LogP contribution is -2.07. The number of fused-ring (bicyclic) bond motifs is 1. The number of ether oxygens (including phenoxy) is 1. The van der Waals surface area contributed by atoms with Gasteiger partial charge in [-0.2, -0.15) is 0 Å². The van der Waals surface area contributed by atoms with E-state index in [1.165, 1.54) is 18.7 Å². The van der Waals surface area contributed by atoms with Crippen LogP contribution in [0, 0.1) is 12.7 Å². The van der Waals surface area contributed by atoms with Crippen molar-refractivity contribution in [2.24, 2.45) is 0 Å². The van der Waals surface area contributed by atoms with Crippen LogP contribution in [0.3, 0.4) is 0 Å². The van der Waals surface area contributed by atoms with Crippen LogP contribution in [0.4, 0.5) is 4.39 Å². The van der Waals surface area contributed by atoms with Crippen LogP contribution < -0.4 is 0 Å². The SMILES string of the molecule is COC(=O)c1ccc2c(c1)C(c1cccc(F)c1C)=CCC2. The number of methoxy groups -OCH3 is 1. The molecule has 2 aromatic rings. The fourth-order valence-corrected chi connectivity index (χ4v) is 2.93. The number of hydrogen-bond donors (Lipinski definition) is 0. The van der Waals surface area contributed by atoms with Gasteiger partial charge in [0.05, 0.1) is 12.7 Å². The molecule has 22 heavy (non-hydrogen) atoms. The van der Waals surface area contributed by atoms with E-state index in [1.807, 2.05) is 18.2 Å². The molecule has 0 atom stereocenters. The molecule has 0 saturated heterocycles. The average Bonchev–Trinajstić information content (AvgIpc) is 2.55. The summed E-state index contributed by atoms with van der Waals surface area (Å²) in [6.45, 7) is 1.78. The minimum Gasteiger partial charge on any atom is -0.465 e. The van der Waals surface area contributed by atoms with Gasteiger partial charge in [-0.3, -0.25) is 0 Å². The maximum atomic E-state index is 13.9. The van der Waals surface area contributed by atoms with Gasteiger partial charge in [-0.15, -0.1) is 0 Å². The van der Waals surface area contributed by atoms with Crippen molar-refractivity contribution < 1.29 is 13.9 Å². The second-order valence-electron chi connectivity index (χ2n) is 5.43. The molecule has 3 heteroatoms. The molecule has 0 fully saturated rings. The molecular weight excluding hydrogens is 279 g/mol. The lowest BCUT2D eigenvalue weighted by Gasteiger charge is -2.20. The van der Waals surface area contributed by atoms with Crippen LogP contribution in [0.5, 0.6) is 0 Å². The summed E-state index contributed by atoms with van der Waals surface area (Å²) in [6.07, 6.45) is 3.95. The Hall–Kier alpha value is -2.42. The van der Waals surface area contributed by atoms with E-state index in [4.69, 9.17) is 4.74 Å². The predicted molar refractivity (Wildman–Crippen MR) is 84.3 cm³/mol. The van der Waals surface area contributed by atoms with E-state index in [1.54, 1.807) is 19.1 Å². The van der Waals surface area contributed by atoms with Gasteiger partial charge < -0.3 is 4.74 Å². The molecule has 0 aromatic heterocycles. The van der Waals surface area contributed by atoms with Crippen LogP contribution in [-0.4, -0.2) is 13.1 Å². The van der Waals surface area contributed by atoms with Crippen LogP contribution >= 0.6 is 0 Å². The maximum absolute atomic E-state index is 13.9. The highest BCUT2D eigenvalue weighted by atomic mass is 19.1. The quantitative estimate of drug-likeness (QED) is 0.772. The third-order valence-corrected chi connectivity index (χ3v) is 4.14. The van der Waals surface area contributed by atoms with Gasteiger partial charge in [0.2, 0.25) is 0 Å². The van der Waals surface area contributed by atoms with Gasteiger partial charge >= 0.3 is 5.97 Å². The van der Waals surface area contributed by atoms with Crippen molar-refractivity contribution in [1.29, 1.82) is 0 Å². The van der Waals surface area contributed by atoms with Crippen LogP contribution in [0.1, 0.15) is 39.0 Å². The molecule has 0 bridgehead atoms. The molecule has 1 aliphatic rings. The number of benzene rings is 2. The zero-order valence-electron chi connectivity index (χ0n) is 12.7. The van der Waals surface area contributed by atoms with Crippen molar-refractivity contribution in [1.82, 2.24) is 0 Å². The number of allylic oxidation sites excluding steroid dienone is 1. The monoisotopic (exact) mass is 296 g/mol. The molecule has 0 spiro atoms. The molecule has 1 aliphatic carbocycles. The number of rotatable bonds is 2.